The van der Waals surface area contributed by atoms with Gasteiger partial charge >= 0.3 is 5.97 Å². The molecule has 1 atom stereocenters. The van der Waals surface area contributed by atoms with E-state index in [1.54, 1.807) is 42.1 Å². The lowest BCUT2D eigenvalue weighted by Crippen LogP contribution is -2.09. The molecule has 0 saturated carbocycles. The van der Waals surface area contributed by atoms with Crippen molar-refractivity contribution in [2.75, 3.05) is 0 Å². The highest BCUT2D eigenvalue weighted by atomic mass is 32.2. The third kappa shape index (κ3) is 2.75. The molecular formula is C15H13N3O3S. The van der Waals surface area contributed by atoms with E-state index in [-0.39, 0.29) is 0 Å². The highest BCUT2D eigenvalue weighted by Crippen LogP contribution is 2.35. The van der Waals surface area contributed by atoms with E-state index >= 15 is 0 Å². The fraction of sp³-hybridized carbons (Fsp3) is 0.133. The Morgan fingerprint density at radius 1 is 1.23 bits per heavy atom. The standard InChI is InChI=1S/C15H13N3O3S/c1-18-13(11-8-5-9-21-11)16-17-15(18)22-12(14(19)20)10-6-3-2-4-7-10/h2-9,12H,1H3,(H,19,20)/t12-/m0/s1. The van der Waals surface area contributed by atoms with E-state index in [4.69, 9.17) is 4.42 Å². The van der Waals surface area contributed by atoms with Gasteiger partial charge in [-0.15, -0.1) is 10.2 Å². The number of thioether (sulfide) groups is 1. The van der Waals surface area contributed by atoms with Crippen LogP contribution in [0.3, 0.4) is 0 Å². The van der Waals surface area contributed by atoms with Gasteiger partial charge in [0.2, 0.25) is 0 Å². The summed E-state index contributed by atoms with van der Waals surface area (Å²) in [6.45, 7) is 0. The van der Waals surface area contributed by atoms with Gasteiger partial charge in [-0.1, -0.05) is 42.1 Å². The molecule has 3 aromatic rings. The molecule has 0 aliphatic rings. The molecule has 6 nitrogen and oxygen atoms in total. The first-order valence-electron chi connectivity index (χ1n) is 6.54. The van der Waals surface area contributed by atoms with Crippen LogP contribution < -0.4 is 0 Å². The highest BCUT2D eigenvalue weighted by molar-refractivity contribution is 8.00. The topological polar surface area (TPSA) is 81.2 Å². The molecule has 0 bridgehead atoms. The van der Waals surface area contributed by atoms with Gasteiger partial charge in [-0.3, -0.25) is 4.79 Å². The summed E-state index contributed by atoms with van der Waals surface area (Å²) >= 11 is 1.14. The van der Waals surface area contributed by atoms with Gasteiger partial charge < -0.3 is 14.1 Å². The van der Waals surface area contributed by atoms with Crippen molar-refractivity contribution in [1.82, 2.24) is 14.8 Å². The number of furan rings is 1. The SMILES string of the molecule is Cn1c(S[C@H](C(=O)O)c2ccccc2)nnc1-c1ccco1. The van der Waals surface area contributed by atoms with Crippen molar-refractivity contribution < 1.29 is 14.3 Å². The van der Waals surface area contributed by atoms with Crippen LogP contribution in [0.2, 0.25) is 0 Å². The van der Waals surface area contributed by atoms with E-state index < -0.39 is 11.2 Å². The number of carboxylic acids is 1. The van der Waals surface area contributed by atoms with Crippen LogP contribution in [0, 0.1) is 0 Å². The summed E-state index contributed by atoms with van der Waals surface area (Å²) in [4.78, 5) is 11.6. The predicted molar refractivity (Wildman–Crippen MR) is 81.4 cm³/mol. The first kappa shape index (κ1) is 14.4. The monoisotopic (exact) mass is 315 g/mol. The Morgan fingerprint density at radius 3 is 2.64 bits per heavy atom. The summed E-state index contributed by atoms with van der Waals surface area (Å²) in [5.74, 6) is 0.233. The molecule has 0 fully saturated rings. The lowest BCUT2D eigenvalue weighted by atomic mass is 10.1. The van der Waals surface area contributed by atoms with Gasteiger partial charge in [-0.25, -0.2) is 0 Å². The van der Waals surface area contributed by atoms with Crippen LogP contribution in [0.15, 0.2) is 58.3 Å². The Hall–Kier alpha value is -2.54. The molecule has 2 aromatic heterocycles. The lowest BCUT2D eigenvalue weighted by Gasteiger charge is -2.11. The maximum absolute atomic E-state index is 11.6. The summed E-state index contributed by atoms with van der Waals surface area (Å²) in [6.07, 6.45) is 1.56. The van der Waals surface area contributed by atoms with E-state index in [0.717, 1.165) is 11.8 Å². The summed E-state index contributed by atoms with van der Waals surface area (Å²) in [5, 5.41) is 17.4. The maximum Gasteiger partial charge on any atom is 0.321 e. The second kappa shape index (κ2) is 6.07. The molecule has 1 aromatic carbocycles. The van der Waals surface area contributed by atoms with Gasteiger partial charge in [0.25, 0.3) is 0 Å². The first-order valence-corrected chi connectivity index (χ1v) is 7.42. The van der Waals surface area contributed by atoms with Crippen LogP contribution in [-0.2, 0) is 11.8 Å². The number of aromatic nitrogens is 3. The second-order valence-electron chi connectivity index (χ2n) is 4.59. The molecule has 1 N–H and O–H groups in total. The number of aliphatic carboxylic acids is 1. The van der Waals surface area contributed by atoms with Crippen molar-refractivity contribution >= 4 is 17.7 Å². The summed E-state index contributed by atoms with van der Waals surface area (Å²) < 4.78 is 7.03. The quantitative estimate of drug-likeness (QED) is 0.729. The number of hydrogen-bond donors (Lipinski definition) is 1. The average molecular weight is 315 g/mol. The largest absolute Gasteiger partial charge is 0.480 e. The Bertz CT molecular complexity index is 769. The molecule has 3 rings (SSSR count). The minimum atomic E-state index is -0.918. The Kier molecular flexibility index (Phi) is 3.97. The van der Waals surface area contributed by atoms with Crippen molar-refractivity contribution in [2.24, 2.45) is 7.05 Å². The zero-order valence-corrected chi connectivity index (χ0v) is 12.5. The van der Waals surface area contributed by atoms with Crippen LogP contribution >= 0.6 is 11.8 Å². The molecule has 0 saturated heterocycles. The van der Waals surface area contributed by atoms with Gasteiger partial charge in [-0.2, -0.15) is 0 Å². The third-order valence-corrected chi connectivity index (χ3v) is 4.40. The van der Waals surface area contributed by atoms with E-state index in [2.05, 4.69) is 10.2 Å². The number of carbonyl (C=O) groups is 1. The molecule has 22 heavy (non-hydrogen) atoms. The molecule has 0 radical (unpaired) electrons. The predicted octanol–water partition coefficient (Wildman–Crippen LogP) is 2.99. The molecule has 7 heteroatoms. The van der Waals surface area contributed by atoms with Crippen molar-refractivity contribution in [2.45, 2.75) is 10.4 Å². The Labute approximate surface area is 130 Å². The van der Waals surface area contributed by atoms with Crippen LogP contribution in [0.4, 0.5) is 0 Å². The number of benzene rings is 1. The van der Waals surface area contributed by atoms with E-state index in [1.807, 2.05) is 18.2 Å². The summed E-state index contributed by atoms with van der Waals surface area (Å²) in [6, 6.07) is 12.6. The smallest absolute Gasteiger partial charge is 0.321 e. The van der Waals surface area contributed by atoms with Gasteiger partial charge in [0.05, 0.1) is 6.26 Å². The molecule has 0 amide bonds. The van der Waals surface area contributed by atoms with Gasteiger partial charge in [0, 0.05) is 7.05 Å². The second-order valence-corrected chi connectivity index (χ2v) is 5.66. The van der Waals surface area contributed by atoms with Crippen LogP contribution in [0.5, 0.6) is 0 Å². The van der Waals surface area contributed by atoms with Crippen molar-refractivity contribution in [3.05, 3.63) is 54.3 Å². The minimum absolute atomic E-state index is 0.516. The Balaban J connectivity index is 1.90. The zero-order valence-electron chi connectivity index (χ0n) is 11.7. The normalized spacial score (nSPS) is 12.2. The number of rotatable bonds is 5. The van der Waals surface area contributed by atoms with Crippen LogP contribution in [-0.4, -0.2) is 25.8 Å². The van der Waals surface area contributed by atoms with Crippen LogP contribution in [0.25, 0.3) is 11.6 Å². The first-order chi connectivity index (χ1) is 10.7. The minimum Gasteiger partial charge on any atom is -0.480 e. The van der Waals surface area contributed by atoms with Crippen molar-refractivity contribution in [3.8, 4) is 11.6 Å². The van der Waals surface area contributed by atoms with Gasteiger partial charge in [-0.05, 0) is 17.7 Å². The molecule has 0 spiro atoms. The number of nitrogens with zero attached hydrogens (tertiary/aromatic N) is 3. The third-order valence-electron chi connectivity index (χ3n) is 3.13. The Morgan fingerprint density at radius 2 is 2.00 bits per heavy atom. The van der Waals surface area contributed by atoms with E-state index in [9.17, 15) is 9.90 Å². The average Bonchev–Trinajstić information content (AvgIpc) is 3.15. The van der Waals surface area contributed by atoms with Crippen molar-refractivity contribution in [1.29, 1.82) is 0 Å². The fourth-order valence-corrected chi connectivity index (χ4v) is 2.97. The fourth-order valence-electron chi connectivity index (χ4n) is 2.03. The lowest BCUT2D eigenvalue weighted by molar-refractivity contribution is -0.136. The number of hydrogen-bond acceptors (Lipinski definition) is 5. The molecule has 2 heterocycles. The zero-order chi connectivity index (χ0) is 15.5. The molecule has 0 aliphatic heterocycles. The van der Waals surface area contributed by atoms with E-state index in [0.29, 0.717) is 22.3 Å². The molecule has 0 unspecified atom stereocenters. The summed E-state index contributed by atoms with van der Waals surface area (Å²) in [7, 11) is 1.78. The van der Waals surface area contributed by atoms with E-state index in [1.165, 1.54) is 0 Å². The van der Waals surface area contributed by atoms with Gasteiger partial charge in [0.15, 0.2) is 16.7 Å². The van der Waals surface area contributed by atoms with Crippen LogP contribution in [0.1, 0.15) is 10.8 Å². The van der Waals surface area contributed by atoms with Gasteiger partial charge in [0.1, 0.15) is 5.25 Å². The number of carboxylic acid groups (broad SMARTS) is 1. The summed E-state index contributed by atoms with van der Waals surface area (Å²) in [5.41, 5.74) is 0.711. The molecule has 0 aliphatic carbocycles. The molecular weight excluding hydrogens is 302 g/mol. The van der Waals surface area contributed by atoms with Crippen molar-refractivity contribution in [3.63, 3.8) is 0 Å². The highest BCUT2D eigenvalue weighted by Gasteiger charge is 2.24. The maximum atomic E-state index is 11.6. The molecule has 112 valence electrons.